The smallest absolute Gasteiger partial charge is 0.286 e. The van der Waals surface area contributed by atoms with Crippen LogP contribution in [0.25, 0.3) is 0 Å². The van der Waals surface area contributed by atoms with Crippen molar-refractivity contribution in [2.75, 3.05) is 0 Å². The number of hydrogen-bond acceptors (Lipinski definition) is 4. The van der Waals surface area contributed by atoms with Gasteiger partial charge in [-0.25, -0.2) is 0 Å². The molecule has 0 unspecified atom stereocenters. The summed E-state index contributed by atoms with van der Waals surface area (Å²) in [6, 6.07) is 0. The molecule has 1 aromatic rings. The third-order valence-corrected chi connectivity index (χ3v) is 0.738. The van der Waals surface area contributed by atoms with Crippen LogP contribution in [0.3, 0.4) is 0 Å². The molecule has 0 aliphatic carbocycles. The molecule has 1 aliphatic rings. The molecule has 0 fully saturated rings. The molecule has 4 nitrogen and oxygen atoms in total. The van der Waals surface area contributed by atoms with E-state index in [4.69, 9.17) is 4.74 Å². The van der Waals surface area contributed by atoms with Crippen LogP contribution in [0.5, 0.6) is 11.6 Å². The summed E-state index contributed by atoms with van der Waals surface area (Å²) in [5, 5.41) is 10.2. The Morgan fingerprint density at radius 1 is 1.57 bits per heavy atom. The lowest BCUT2D eigenvalue weighted by atomic mass is 10.7. The summed E-state index contributed by atoms with van der Waals surface area (Å²) < 4.78 is 4.70. The molecule has 0 aromatic carbocycles. The lowest BCUT2D eigenvalue weighted by Crippen LogP contribution is -1.73. The van der Waals surface area contributed by atoms with Crippen LogP contribution in [0.4, 0.5) is 0 Å². The largest absolute Gasteiger partial charge is 0.427 e. The Hall–Kier alpha value is -1.19. The van der Waals surface area contributed by atoms with Crippen molar-refractivity contribution in [1.82, 2.24) is 15.4 Å². The zero-order valence-electron chi connectivity index (χ0n) is 3.33. The van der Waals surface area contributed by atoms with Crippen LogP contribution in [0.1, 0.15) is 0 Å². The first-order valence-electron chi connectivity index (χ1n) is 1.83. The van der Waals surface area contributed by atoms with Crippen molar-refractivity contribution < 1.29 is 4.74 Å². The van der Waals surface area contributed by atoms with Gasteiger partial charge in [0.05, 0.1) is 6.20 Å². The summed E-state index contributed by atoms with van der Waals surface area (Å²) in [6.45, 7) is 0. The zero-order valence-corrected chi connectivity index (χ0v) is 3.33. The Morgan fingerprint density at radius 3 is 3.14 bits per heavy atom. The number of nitrogens with zero attached hydrogens (tertiary/aromatic N) is 3. The van der Waals surface area contributed by atoms with Gasteiger partial charge >= 0.3 is 0 Å². The standard InChI is InChI=1S/C3HN3O/c1-2-3(7-2)5-6-4-1/h1H. The summed E-state index contributed by atoms with van der Waals surface area (Å²) in [5.74, 6) is 1.35. The van der Waals surface area contributed by atoms with E-state index < -0.39 is 0 Å². The molecule has 0 saturated heterocycles. The van der Waals surface area contributed by atoms with Gasteiger partial charge in [0.1, 0.15) is 0 Å². The van der Waals surface area contributed by atoms with Crippen molar-refractivity contribution in [3.63, 3.8) is 0 Å². The fourth-order valence-electron chi connectivity index (χ4n) is 0.375. The Morgan fingerprint density at radius 2 is 2.57 bits per heavy atom. The van der Waals surface area contributed by atoms with E-state index in [1.165, 1.54) is 6.20 Å². The predicted molar refractivity (Wildman–Crippen MR) is 19.9 cm³/mol. The normalized spacial score (nSPS) is 12.0. The fourth-order valence-corrected chi connectivity index (χ4v) is 0.375. The Labute approximate surface area is 39.1 Å². The van der Waals surface area contributed by atoms with Gasteiger partial charge in [-0.15, -0.1) is 5.10 Å². The van der Waals surface area contributed by atoms with E-state index in [-0.39, 0.29) is 0 Å². The monoisotopic (exact) mass is 95.0 g/mol. The molecule has 7 heavy (non-hydrogen) atoms. The maximum atomic E-state index is 4.70. The minimum atomic E-state index is 0.606. The molecule has 34 valence electrons. The lowest BCUT2D eigenvalue weighted by molar-refractivity contribution is 0.628. The average Bonchev–Trinajstić information content (AvgIpc) is 2.41. The topological polar surface area (TPSA) is 51.2 Å². The Kier molecular flexibility index (Phi) is 0.300. The summed E-state index contributed by atoms with van der Waals surface area (Å²) in [4.78, 5) is 0. The van der Waals surface area contributed by atoms with Crippen molar-refractivity contribution in [2.24, 2.45) is 0 Å². The third-order valence-electron chi connectivity index (χ3n) is 0.738. The molecular formula is C3HN3O. The minimum Gasteiger partial charge on any atom is -0.427 e. The molecule has 2 rings (SSSR count). The number of aromatic nitrogens is 3. The molecule has 1 aliphatic heterocycles. The van der Waals surface area contributed by atoms with Crippen LogP contribution in [0.2, 0.25) is 0 Å². The molecular weight excluding hydrogens is 94.1 g/mol. The van der Waals surface area contributed by atoms with Crippen molar-refractivity contribution in [3.05, 3.63) is 6.20 Å². The third kappa shape index (κ3) is 0.272. The van der Waals surface area contributed by atoms with Crippen molar-refractivity contribution >= 4 is 0 Å². The summed E-state index contributed by atoms with van der Waals surface area (Å²) >= 11 is 0. The van der Waals surface area contributed by atoms with Gasteiger partial charge in [-0.3, -0.25) is 0 Å². The van der Waals surface area contributed by atoms with E-state index in [0.717, 1.165) is 5.75 Å². The van der Waals surface area contributed by atoms with Crippen LogP contribution in [0.15, 0.2) is 6.20 Å². The van der Waals surface area contributed by atoms with Gasteiger partial charge in [0, 0.05) is 0 Å². The van der Waals surface area contributed by atoms with E-state index in [2.05, 4.69) is 15.4 Å². The highest BCUT2D eigenvalue weighted by Crippen LogP contribution is 2.39. The fraction of sp³-hybridized carbons (Fsp3) is 0. The van der Waals surface area contributed by atoms with E-state index in [1.54, 1.807) is 0 Å². The van der Waals surface area contributed by atoms with Gasteiger partial charge in [0.15, 0.2) is 0 Å². The minimum absolute atomic E-state index is 0.606. The van der Waals surface area contributed by atoms with E-state index in [1.807, 2.05) is 0 Å². The van der Waals surface area contributed by atoms with Crippen molar-refractivity contribution in [3.8, 4) is 11.6 Å². The molecule has 0 spiro atoms. The molecule has 0 atom stereocenters. The van der Waals surface area contributed by atoms with E-state index in [0.29, 0.717) is 5.88 Å². The second-order valence-electron chi connectivity index (χ2n) is 1.21. The maximum absolute atomic E-state index is 4.70. The first-order valence-corrected chi connectivity index (χ1v) is 1.83. The van der Waals surface area contributed by atoms with Crippen LogP contribution in [-0.4, -0.2) is 15.4 Å². The zero-order chi connectivity index (χ0) is 4.69. The number of rotatable bonds is 0. The number of ether oxygens (including phenoxy) is 1. The molecule has 0 N–H and O–H groups in total. The maximum Gasteiger partial charge on any atom is 0.286 e. The lowest BCUT2D eigenvalue weighted by Gasteiger charge is -1.60. The van der Waals surface area contributed by atoms with Crippen molar-refractivity contribution in [2.45, 2.75) is 0 Å². The average molecular weight is 95.1 g/mol. The molecule has 1 aromatic heterocycles. The van der Waals surface area contributed by atoms with Crippen LogP contribution in [-0.2, 0) is 0 Å². The van der Waals surface area contributed by atoms with Crippen LogP contribution in [0, 0.1) is 0 Å². The molecule has 0 bridgehead atoms. The summed E-state index contributed by atoms with van der Waals surface area (Å²) in [5.41, 5.74) is 0. The van der Waals surface area contributed by atoms with E-state index in [9.17, 15) is 0 Å². The summed E-state index contributed by atoms with van der Waals surface area (Å²) in [7, 11) is 0. The van der Waals surface area contributed by atoms with Gasteiger partial charge in [0.25, 0.3) is 5.88 Å². The van der Waals surface area contributed by atoms with Crippen LogP contribution < -0.4 is 4.74 Å². The van der Waals surface area contributed by atoms with Crippen LogP contribution >= 0.6 is 0 Å². The Balaban J connectivity index is 2.73. The number of hydrogen-bond donors (Lipinski definition) is 0. The second kappa shape index (κ2) is 0.726. The SMILES string of the molecule is c1nnnc2c1O2. The quantitative estimate of drug-likeness (QED) is 0.431. The second-order valence-corrected chi connectivity index (χ2v) is 1.21. The molecule has 0 radical (unpaired) electrons. The first kappa shape index (κ1) is 2.90. The van der Waals surface area contributed by atoms with Crippen molar-refractivity contribution in [1.29, 1.82) is 0 Å². The predicted octanol–water partition coefficient (Wildman–Crippen LogP) is -0.0227. The molecule has 0 amide bonds. The molecule has 4 heteroatoms. The number of fused-ring (bicyclic) bond motifs is 1. The van der Waals surface area contributed by atoms with Gasteiger partial charge in [-0.05, 0) is 5.21 Å². The van der Waals surface area contributed by atoms with E-state index >= 15 is 0 Å². The molecule has 0 saturated carbocycles. The molecule has 2 heterocycles. The van der Waals surface area contributed by atoms with Gasteiger partial charge < -0.3 is 4.74 Å². The summed E-state index contributed by atoms with van der Waals surface area (Å²) in [6.07, 6.45) is 1.53. The highest BCUT2D eigenvalue weighted by Gasteiger charge is 2.21. The Bertz CT molecular complexity index is 178. The highest BCUT2D eigenvalue weighted by atomic mass is 16.6. The highest BCUT2D eigenvalue weighted by molar-refractivity contribution is 5.44. The first-order chi connectivity index (χ1) is 3.47. The van der Waals surface area contributed by atoms with Gasteiger partial charge in [0.2, 0.25) is 5.75 Å². The van der Waals surface area contributed by atoms with Gasteiger partial charge in [-0.2, -0.15) is 0 Å². The van der Waals surface area contributed by atoms with Gasteiger partial charge in [-0.1, -0.05) is 5.10 Å².